The molecule has 2 aromatic carbocycles. The number of hydrogen-bond acceptors (Lipinski definition) is 3. The van der Waals surface area contributed by atoms with Gasteiger partial charge in [0.1, 0.15) is 5.75 Å². The summed E-state index contributed by atoms with van der Waals surface area (Å²) in [6, 6.07) is 14.8. The summed E-state index contributed by atoms with van der Waals surface area (Å²) in [5.74, 6) is 0.569. The van der Waals surface area contributed by atoms with Crippen LogP contribution in [0.5, 0.6) is 5.75 Å². The summed E-state index contributed by atoms with van der Waals surface area (Å²) < 4.78 is 5.54. The summed E-state index contributed by atoms with van der Waals surface area (Å²) in [6.45, 7) is 8.27. The molecule has 2 rings (SSSR count). The maximum atomic E-state index is 12.0. The summed E-state index contributed by atoms with van der Waals surface area (Å²) in [6.07, 6.45) is 0.259. The Balaban J connectivity index is 1.79. The minimum absolute atomic E-state index is 0.0170. The molecule has 0 aliphatic heterocycles. The number of hydrogen-bond donors (Lipinski definition) is 1. The van der Waals surface area contributed by atoms with Gasteiger partial charge < -0.3 is 10.1 Å². The first kappa shape index (κ1) is 18.7. The van der Waals surface area contributed by atoms with E-state index in [9.17, 15) is 9.59 Å². The lowest BCUT2D eigenvalue weighted by Gasteiger charge is -2.19. The number of amides is 1. The Morgan fingerprint density at radius 3 is 2.08 bits per heavy atom. The van der Waals surface area contributed by atoms with Crippen molar-refractivity contribution in [2.75, 3.05) is 11.9 Å². The topological polar surface area (TPSA) is 55.4 Å². The van der Waals surface area contributed by atoms with Crippen molar-refractivity contribution in [2.24, 2.45) is 0 Å². The highest BCUT2D eigenvalue weighted by molar-refractivity contribution is 5.94. The summed E-state index contributed by atoms with van der Waals surface area (Å²) in [5.41, 5.74) is 2.74. The molecule has 0 saturated carbocycles. The average Bonchev–Trinajstić information content (AvgIpc) is 2.55. The maximum Gasteiger partial charge on any atom is 0.227 e. The van der Waals surface area contributed by atoms with Crippen LogP contribution in [-0.2, 0) is 10.2 Å². The molecule has 1 N–H and O–H groups in total. The standard InChI is InChI=1S/C21H25NO3/c1-15(23)16-5-11-19(12-6-16)25-14-13-20(24)22-18-9-7-17(8-10-18)21(2,3)4/h5-12H,13-14H2,1-4H3,(H,22,24). The van der Waals surface area contributed by atoms with E-state index in [1.165, 1.54) is 12.5 Å². The lowest BCUT2D eigenvalue weighted by molar-refractivity contribution is -0.116. The van der Waals surface area contributed by atoms with Crippen molar-refractivity contribution in [3.05, 3.63) is 59.7 Å². The van der Waals surface area contributed by atoms with Crippen LogP contribution < -0.4 is 10.1 Å². The molecular weight excluding hydrogens is 314 g/mol. The van der Waals surface area contributed by atoms with Crippen molar-refractivity contribution < 1.29 is 14.3 Å². The molecule has 0 saturated heterocycles. The van der Waals surface area contributed by atoms with Gasteiger partial charge in [-0.25, -0.2) is 0 Å². The van der Waals surface area contributed by atoms with Gasteiger partial charge in [0.05, 0.1) is 13.0 Å². The normalized spacial score (nSPS) is 11.0. The largest absolute Gasteiger partial charge is 0.493 e. The summed E-state index contributed by atoms with van der Waals surface area (Å²) in [5, 5.41) is 2.87. The molecule has 0 aromatic heterocycles. The van der Waals surface area contributed by atoms with Crippen molar-refractivity contribution in [2.45, 2.75) is 39.5 Å². The predicted octanol–water partition coefficient (Wildman–Crippen LogP) is 4.59. The van der Waals surface area contributed by atoms with Crippen LogP contribution in [0, 0.1) is 0 Å². The van der Waals surface area contributed by atoms with E-state index in [0.717, 1.165) is 5.69 Å². The minimum Gasteiger partial charge on any atom is -0.493 e. The van der Waals surface area contributed by atoms with Crippen LogP contribution in [0.1, 0.15) is 50.0 Å². The molecule has 2 aromatic rings. The van der Waals surface area contributed by atoms with Crippen LogP contribution >= 0.6 is 0 Å². The van der Waals surface area contributed by atoms with Gasteiger partial charge in [0.15, 0.2) is 5.78 Å². The van der Waals surface area contributed by atoms with Gasteiger partial charge in [-0.2, -0.15) is 0 Å². The lowest BCUT2D eigenvalue weighted by atomic mass is 9.87. The number of nitrogens with one attached hydrogen (secondary N) is 1. The number of carbonyl (C=O) groups is 2. The molecule has 132 valence electrons. The first-order valence-corrected chi connectivity index (χ1v) is 8.40. The van der Waals surface area contributed by atoms with Gasteiger partial charge in [-0.05, 0) is 54.3 Å². The van der Waals surface area contributed by atoms with Crippen molar-refractivity contribution in [3.63, 3.8) is 0 Å². The highest BCUT2D eigenvalue weighted by atomic mass is 16.5. The van der Waals surface area contributed by atoms with Gasteiger partial charge in [0.25, 0.3) is 0 Å². The Morgan fingerprint density at radius 2 is 1.56 bits per heavy atom. The monoisotopic (exact) mass is 339 g/mol. The average molecular weight is 339 g/mol. The van der Waals surface area contributed by atoms with Gasteiger partial charge >= 0.3 is 0 Å². The fourth-order valence-corrected chi connectivity index (χ4v) is 2.32. The van der Waals surface area contributed by atoms with E-state index in [2.05, 4.69) is 26.1 Å². The molecular formula is C21H25NO3. The van der Waals surface area contributed by atoms with Crippen LogP contribution in [0.3, 0.4) is 0 Å². The van der Waals surface area contributed by atoms with Crippen LogP contribution in [0.25, 0.3) is 0 Å². The molecule has 0 unspecified atom stereocenters. The lowest BCUT2D eigenvalue weighted by Crippen LogP contribution is -2.16. The van der Waals surface area contributed by atoms with Crippen molar-refractivity contribution in [1.29, 1.82) is 0 Å². The van der Waals surface area contributed by atoms with Crippen molar-refractivity contribution >= 4 is 17.4 Å². The van der Waals surface area contributed by atoms with Gasteiger partial charge in [-0.3, -0.25) is 9.59 Å². The zero-order chi connectivity index (χ0) is 18.4. The quantitative estimate of drug-likeness (QED) is 0.783. The number of rotatable bonds is 6. The number of carbonyl (C=O) groups excluding carboxylic acids is 2. The molecule has 1 amide bonds. The maximum absolute atomic E-state index is 12.0. The number of Topliss-reactive ketones (excluding diaryl/α,β-unsaturated/α-hetero) is 1. The highest BCUT2D eigenvalue weighted by Crippen LogP contribution is 2.23. The Hall–Kier alpha value is -2.62. The van der Waals surface area contributed by atoms with Crippen molar-refractivity contribution in [3.8, 4) is 5.75 Å². The fourth-order valence-electron chi connectivity index (χ4n) is 2.32. The predicted molar refractivity (Wildman–Crippen MR) is 100 cm³/mol. The molecule has 4 heteroatoms. The van der Waals surface area contributed by atoms with Crippen LogP contribution in [0.15, 0.2) is 48.5 Å². The molecule has 4 nitrogen and oxygen atoms in total. The number of benzene rings is 2. The Labute approximate surface area is 149 Å². The molecule has 0 bridgehead atoms. The third-order valence-electron chi connectivity index (χ3n) is 3.89. The molecule has 0 heterocycles. The highest BCUT2D eigenvalue weighted by Gasteiger charge is 2.13. The molecule has 0 spiro atoms. The third kappa shape index (κ3) is 5.75. The van der Waals surface area contributed by atoms with E-state index >= 15 is 0 Å². The Bertz CT molecular complexity index is 725. The second-order valence-electron chi connectivity index (χ2n) is 7.05. The molecule has 0 radical (unpaired) electrons. The Morgan fingerprint density at radius 1 is 0.960 bits per heavy atom. The molecule has 0 atom stereocenters. The van der Waals surface area contributed by atoms with E-state index in [1.807, 2.05) is 24.3 Å². The third-order valence-corrected chi connectivity index (χ3v) is 3.89. The summed E-state index contributed by atoms with van der Waals surface area (Å²) >= 11 is 0. The van der Waals surface area contributed by atoms with E-state index < -0.39 is 0 Å². The molecule has 25 heavy (non-hydrogen) atoms. The summed E-state index contributed by atoms with van der Waals surface area (Å²) in [7, 11) is 0. The number of ether oxygens (including phenoxy) is 1. The first-order chi connectivity index (χ1) is 11.8. The smallest absolute Gasteiger partial charge is 0.227 e. The summed E-state index contributed by atoms with van der Waals surface area (Å²) in [4.78, 5) is 23.2. The van der Waals surface area contributed by atoms with E-state index in [4.69, 9.17) is 4.74 Å². The van der Waals surface area contributed by atoms with E-state index in [-0.39, 0.29) is 30.1 Å². The Kier molecular flexibility index (Phi) is 5.97. The zero-order valence-electron chi connectivity index (χ0n) is 15.3. The second-order valence-corrected chi connectivity index (χ2v) is 7.05. The van der Waals surface area contributed by atoms with Gasteiger partial charge in [-0.1, -0.05) is 32.9 Å². The van der Waals surface area contributed by atoms with Crippen LogP contribution in [-0.4, -0.2) is 18.3 Å². The zero-order valence-corrected chi connectivity index (χ0v) is 15.3. The van der Waals surface area contributed by atoms with Crippen molar-refractivity contribution in [1.82, 2.24) is 0 Å². The number of anilines is 1. The van der Waals surface area contributed by atoms with E-state index in [1.54, 1.807) is 24.3 Å². The van der Waals surface area contributed by atoms with Gasteiger partial charge in [0, 0.05) is 11.3 Å². The fraction of sp³-hybridized carbons (Fsp3) is 0.333. The second kappa shape index (κ2) is 7.97. The van der Waals surface area contributed by atoms with Crippen LogP contribution in [0.4, 0.5) is 5.69 Å². The number of ketones is 1. The molecule has 0 aliphatic rings. The molecule has 0 aliphatic carbocycles. The first-order valence-electron chi connectivity index (χ1n) is 8.40. The molecule has 0 fully saturated rings. The van der Waals surface area contributed by atoms with Gasteiger partial charge in [0.2, 0.25) is 5.91 Å². The SMILES string of the molecule is CC(=O)c1ccc(OCCC(=O)Nc2ccc(C(C)(C)C)cc2)cc1. The van der Waals surface area contributed by atoms with Gasteiger partial charge in [-0.15, -0.1) is 0 Å². The minimum atomic E-state index is -0.0936. The van der Waals surface area contributed by atoms with E-state index in [0.29, 0.717) is 11.3 Å². The van der Waals surface area contributed by atoms with Crippen LogP contribution in [0.2, 0.25) is 0 Å².